The number of aromatic carboxylic acids is 1. The van der Waals surface area contributed by atoms with Gasteiger partial charge in [0, 0.05) is 25.3 Å². The van der Waals surface area contributed by atoms with Crippen molar-refractivity contribution in [2.24, 2.45) is 0 Å². The second-order valence-corrected chi connectivity index (χ2v) is 5.39. The van der Waals surface area contributed by atoms with E-state index in [-0.39, 0.29) is 6.10 Å². The van der Waals surface area contributed by atoms with Gasteiger partial charge < -0.3 is 14.4 Å². The topological polar surface area (TPSA) is 54.7 Å². The molecule has 0 amide bonds. The van der Waals surface area contributed by atoms with Crippen molar-refractivity contribution in [3.63, 3.8) is 0 Å². The summed E-state index contributed by atoms with van der Waals surface area (Å²) in [6.07, 6.45) is 1.89. The van der Waals surface area contributed by atoms with Gasteiger partial charge in [-0.3, -0.25) is 4.90 Å². The Hall–Kier alpha value is -1.33. The summed E-state index contributed by atoms with van der Waals surface area (Å²) in [5, 5.41) is 9.23. The first kappa shape index (κ1) is 14.1. The molecule has 0 radical (unpaired) electrons. The summed E-state index contributed by atoms with van der Waals surface area (Å²) < 4.78 is 7.53. The summed E-state index contributed by atoms with van der Waals surface area (Å²) in [7, 11) is 0. The molecule has 0 spiro atoms. The van der Waals surface area contributed by atoms with Crippen LogP contribution in [0.3, 0.4) is 0 Å². The van der Waals surface area contributed by atoms with E-state index in [2.05, 4.69) is 18.7 Å². The van der Waals surface area contributed by atoms with Crippen molar-refractivity contribution < 1.29 is 14.6 Å². The molecule has 1 fully saturated rings. The fourth-order valence-corrected chi connectivity index (χ4v) is 2.57. The van der Waals surface area contributed by atoms with Crippen LogP contribution in [0.4, 0.5) is 0 Å². The molecule has 5 nitrogen and oxygen atoms in total. The van der Waals surface area contributed by atoms with E-state index in [9.17, 15) is 9.90 Å². The summed E-state index contributed by atoms with van der Waals surface area (Å²) in [5.41, 5.74) is 1.16. The summed E-state index contributed by atoms with van der Waals surface area (Å²) in [4.78, 5) is 13.6. The van der Waals surface area contributed by atoms with E-state index >= 15 is 0 Å². The molecular formula is C14H22N2O3. The lowest BCUT2D eigenvalue weighted by Crippen LogP contribution is -2.47. The number of rotatable bonds is 4. The van der Waals surface area contributed by atoms with E-state index < -0.39 is 5.97 Å². The third-order valence-electron chi connectivity index (χ3n) is 3.67. The molecule has 1 aromatic heterocycles. The lowest BCUT2D eigenvalue weighted by Gasteiger charge is -2.35. The van der Waals surface area contributed by atoms with Crippen molar-refractivity contribution in [3.05, 3.63) is 23.5 Å². The largest absolute Gasteiger partial charge is 0.477 e. The maximum absolute atomic E-state index is 11.2. The quantitative estimate of drug-likeness (QED) is 0.899. The van der Waals surface area contributed by atoms with Gasteiger partial charge in [-0.25, -0.2) is 4.79 Å². The molecule has 2 rings (SSSR count). The van der Waals surface area contributed by atoms with Gasteiger partial charge in [0.2, 0.25) is 0 Å². The number of hydrogen-bond donors (Lipinski definition) is 1. The number of aryl methyl sites for hydroxylation is 1. The Kier molecular flexibility index (Phi) is 4.27. The smallest absolute Gasteiger partial charge is 0.352 e. The fourth-order valence-electron chi connectivity index (χ4n) is 2.57. The van der Waals surface area contributed by atoms with Crippen molar-refractivity contribution in [1.82, 2.24) is 9.47 Å². The van der Waals surface area contributed by atoms with E-state index in [0.29, 0.717) is 24.9 Å². The van der Waals surface area contributed by atoms with Crippen LogP contribution in [0.25, 0.3) is 0 Å². The first-order chi connectivity index (χ1) is 8.99. The Morgan fingerprint density at radius 2 is 2.32 bits per heavy atom. The third-order valence-corrected chi connectivity index (χ3v) is 3.67. The van der Waals surface area contributed by atoms with Gasteiger partial charge in [0.25, 0.3) is 0 Å². The summed E-state index contributed by atoms with van der Waals surface area (Å²) in [6.45, 7) is 9.28. The fraction of sp³-hybridized carbons (Fsp3) is 0.643. The van der Waals surface area contributed by atoms with E-state index in [1.54, 1.807) is 4.57 Å². The first-order valence-corrected chi connectivity index (χ1v) is 6.73. The number of morpholine rings is 1. The van der Waals surface area contributed by atoms with Crippen LogP contribution < -0.4 is 0 Å². The minimum Gasteiger partial charge on any atom is -0.477 e. The molecule has 106 valence electrons. The lowest BCUT2D eigenvalue weighted by atomic mass is 10.2. The maximum Gasteiger partial charge on any atom is 0.352 e. The van der Waals surface area contributed by atoms with Gasteiger partial charge in [-0.15, -0.1) is 0 Å². The number of hydrogen-bond acceptors (Lipinski definition) is 3. The van der Waals surface area contributed by atoms with Crippen LogP contribution in [0.1, 0.15) is 29.9 Å². The van der Waals surface area contributed by atoms with E-state index in [1.165, 1.54) is 0 Å². The van der Waals surface area contributed by atoms with Gasteiger partial charge in [-0.05, 0) is 32.4 Å². The maximum atomic E-state index is 11.2. The first-order valence-electron chi connectivity index (χ1n) is 6.73. The molecule has 5 heteroatoms. The van der Waals surface area contributed by atoms with Crippen molar-refractivity contribution in [1.29, 1.82) is 0 Å². The van der Waals surface area contributed by atoms with Crippen LogP contribution in [-0.2, 0) is 11.3 Å². The van der Waals surface area contributed by atoms with Gasteiger partial charge in [-0.1, -0.05) is 0 Å². The molecule has 2 heterocycles. The van der Waals surface area contributed by atoms with Crippen LogP contribution in [0.2, 0.25) is 0 Å². The highest BCUT2D eigenvalue weighted by Gasteiger charge is 2.24. The Bertz CT molecular complexity index is 454. The average molecular weight is 266 g/mol. The Morgan fingerprint density at radius 1 is 1.58 bits per heavy atom. The van der Waals surface area contributed by atoms with Crippen LogP contribution in [0.5, 0.6) is 0 Å². The predicted octanol–water partition coefficient (Wildman–Crippen LogP) is 1.60. The Labute approximate surface area is 113 Å². The van der Waals surface area contributed by atoms with E-state index in [4.69, 9.17) is 4.74 Å². The standard InChI is InChI=1S/C14H22N2O3/c1-10(2)15-6-7-19-12(8-15)9-16-5-4-11(3)13(16)14(17)18/h4-5,10,12H,6-9H2,1-3H3,(H,17,18). The molecule has 1 saturated heterocycles. The minimum atomic E-state index is -0.876. The minimum absolute atomic E-state index is 0.0565. The average Bonchev–Trinajstić information content (AvgIpc) is 2.70. The highest BCUT2D eigenvalue weighted by molar-refractivity contribution is 5.87. The summed E-state index contributed by atoms with van der Waals surface area (Å²) >= 11 is 0. The molecule has 1 atom stereocenters. The SMILES string of the molecule is Cc1ccn(CC2CN(C(C)C)CCO2)c1C(=O)O. The van der Waals surface area contributed by atoms with Crippen molar-refractivity contribution in [2.75, 3.05) is 19.7 Å². The molecule has 1 N–H and O–H groups in total. The number of ether oxygens (including phenoxy) is 1. The van der Waals surface area contributed by atoms with Crippen molar-refractivity contribution >= 4 is 5.97 Å². The van der Waals surface area contributed by atoms with Crippen molar-refractivity contribution in [2.45, 2.75) is 39.5 Å². The predicted molar refractivity (Wildman–Crippen MR) is 72.6 cm³/mol. The molecule has 1 aliphatic rings. The van der Waals surface area contributed by atoms with E-state index in [0.717, 1.165) is 18.7 Å². The van der Waals surface area contributed by atoms with Gasteiger partial charge in [0.15, 0.2) is 0 Å². The van der Waals surface area contributed by atoms with Gasteiger partial charge in [0.05, 0.1) is 19.3 Å². The summed E-state index contributed by atoms with van der Waals surface area (Å²) in [6, 6.07) is 2.34. The molecule has 1 unspecified atom stereocenters. The normalized spacial score (nSPS) is 20.9. The highest BCUT2D eigenvalue weighted by atomic mass is 16.5. The monoisotopic (exact) mass is 266 g/mol. The van der Waals surface area contributed by atoms with E-state index in [1.807, 2.05) is 19.2 Å². The second-order valence-electron chi connectivity index (χ2n) is 5.39. The highest BCUT2D eigenvalue weighted by Crippen LogP contribution is 2.15. The van der Waals surface area contributed by atoms with Gasteiger partial charge in [0.1, 0.15) is 5.69 Å². The van der Waals surface area contributed by atoms with Gasteiger partial charge in [-0.2, -0.15) is 0 Å². The lowest BCUT2D eigenvalue weighted by molar-refractivity contribution is -0.0458. The Balaban J connectivity index is 2.07. The number of carboxylic acids is 1. The summed E-state index contributed by atoms with van der Waals surface area (Å²) in [5.74, 6) is -0.876. The third kappa shape index (κ3) is 3.16. The van der Waals surface area contributed by atoms with Crippen LogP contribution in [0, 0.1) is 6.92 Å². The molecule has 0 aliphatic carbocycles. The number of nitrogens with zero attached hydrogens (tertiary/aromatic N) is 2. The zero-order valence-electron chi connectivity index (χ0n) is 11.8. The molecule has 1 aromatic rings. The Morgan fingerprint density at radius 3 is 2.95 bits per heavy atom. The zero-order valence-corrected chi connectivity index (χ0v) is 11.8. The number of carbonyl (C=O) groups is 1. The van der Waals surface area contributed by atoms with Crippen LogP contribution in [-0.4, -0.2) is 52.4 Å². The van der Waals surface area contributed by atoms with Crippen LogP contribution in [0.15, 0.2) is 12.3 Å². The number of carboxylic acid groups (broad SMARTS) is 1. The van der Waals surface area contributed by atoms with Crippen molar-refractivity contribution in [3.8, 4) is 0 Å². The van der Waals surface area contributed by atoms with Crippen LogP contribution >= 0.6 is 0 Å². The number of aromatic nitrogens is 1. The second kappa shape index (κ2) is 5.75. The van der Waals surface area contributed by atoms with Gasteiger partial charge >= 0.3 is 5.97 Å². The molecule has 1 aliphatic heterocycles. The zero-order chi connectivity index (χ0) is 14.0. The molecular weight excluding hydrogens is 244 g/mol. The molecule has 0 aromatic carbocycles. The molecule has 0 bridgehead atoms. The molecule has 0 saturated carbocycles. The molecule has 19 heavy (non-hydrogen) atoms.